The fourth-order valence-corrected chi connectivity index (χ4v) is 5.53. The van der Waals surface area contributed by atoms with Gasteiger partial charge in [-0.25, -0.2) is 9.18 Å². The van der Waals surface area contributed by atoms with E-state index in [4.69, 9.17) is 36.9 Å². The highest BCUT2D eigenvalue weighted by Gasteiger charge is 2.36. The maximum Gasteiger partial charge on any atom is 0.397 e. The zero-order valence-electron chi connectivity index (χ0n) is 23.4. The zero-order chi connectivity index (χ0) is 28.4. The van der Waals surface area contributed by atoms with Crippen LogP contribution in [0.4, 0.5) is 4.39 Å². The maximum atomic E-state index is 15.4. The van der Waals surface area contributed by atoms with E-state index < -0.39 is 14.8 Å². The molecule has 1 aromatic heterocycles. The van der Waals surface area contributed by atoms with Gasteiger partial charge in [0.2, 0.25) is 0 Å². The topological polar surface area (TPSA) is 74.7 Å². The van der Waals surface area contributed by atoms with E-state index in [1.54, 1.807) is 0 Å². The second kappa shape index (κ2) is 12.0. The first-order valence-electron chi connectivity index (χ1n) is 12.9. The van der Waals surface area contributed by atoms with E-state index in [0.717, 1.165) is 5.56 Å². The summed E-state index contributed by atoms with van der Waals surface area (Å²) in [6.45, 7) is 16.5. The van der Waals surface area contributed by atoms with E-state index >= 15 is 4.39 Å². The van der Waals surface area contributed by atoms with Gasteiger partial charge in [0.1, 0.15) is 22.4 Å². The molecule has 38 heavy (non-hydrogen) atoms. The van der Waals surface area contributed by atoms with Gasteiger partial charge in [0.05, 0.1) is 30.4 Å². The van der Waals surface area contributed by atoms with Crippen LogP contribution in [0.3, 0.4) is 0 Å². The number of hydrogen-bond donors (Lipinski definition) is 1. The zero-order valence-corrected chi connectivity index (χ0v) is 25.1. The number of terminal acetylenes is 1. The van der Waals surface area contributed by atoms with Crippen molar-refractivity contribution in [1.29, 1.82) is 0 Å². The molecule has 1 fully saturated rings. The predicted molar refractivity (Wildman–Crippen MR) is 150 cm³/mol. The van der Waals surface area contributed by atoms with E-state index in [1.807, 2.05) is 40.7 Å². The van der Waals surface area contributed by atoms with Gasteiger partial charge in [-0.3, -0.25) is 18.6 Å². The van der Waals surface area contributed by atoms with Crippen molar-refractivity contribution >= 4 is 20.8 Å². The van der Waals surface area contributed by atoms with Crippen molar-refractivity contribution in [2.45, 2.75) is 98.0 Å². The van der Waals surface area contributed by atoms with E-state index in [0.29, 0.717) is 35.3 Å². The number of halogens is 1. The molecule has 10 heteroatoms. The number of aromatic amines is 1. The summed E-state index contributed by atoms with van der Waals surface area (Å²) in [6, 6.07) is 1.91. The summed E-state index contributed by atoms with van der Waals surface area (Å²) in [5.74, 6) is 2.68. The fourth-order valence-electron chi connectivity index (χ4n) is 4.28. The summed E-state index contributed by atoms with van der Waals surface area (Å²) in [7, 11) is -1.74. The predicted octanol–water partition coefficient (Wildman–Crippen LogP) is 7.18. The lowest BCUT2D eigenvalue weighted by Gasteiger charge is -2.33. The van der Waals surface area contributed by atoms with Crippen LogP contribution in [0.25, 0.3) is 0 Å². The largest absolute Gasteiger partial charge is 0.426 e. The molecule has 0 radical (unpaired) electrons. The molecule has 3 atom stereocenters. The maximum absolute atomic E-state index is 15.4. The Bertz CT molecular complexity index is 1320. The van der Waals surface area contributed by atoms with E-state index in [9.17, 15) is 4.79 Å². The fraction of sp³-hybridized carbons (Fsp3) is 0.571. The Hall–Kier alpha value is -2.08. The third-order valence-corrected chi connectivity index (χ3v) is 7.64. The van der Waals surface area contributed by atoms with Gasteiger partial charge in [0.25, 0.3) is 0 Å². The van der Waals surface area contributed by atoms with Gasteiger partial charge < -0.3 is 9.26 Å². The first-order valence-corrected chi connectivity index (χ1v) is 14.4. The molecule has 1 saturated heterocycles. The molecule has 3 heterocycles. The highest BCUT2D eigenvalue weighted by atomic mass is 32.1. The van der Waals surface area contributed by atoms with Crippen LogP contribution in [0, 0.1) is 22.8 Å². The third-order valence-electron chi connectivity index (χ3n) is 6.29. The van der Waals surface area contributed by atoms with Gasteiger partial charge in [0.15, 0.2) is 0 Å². The molecular formula is C28H38FN2O5PS. The Morgan fingerprint density at radius 3 is 2.47 bits per heavy atom. The SMILES string of the molecule is C#Cc1cn(C2CCC(COP3OCc4c(F)c(C(C)(C)C)cc(C(C)(C)C)c4O3)O2)c(=O)[nH]c1=S.CC. The average Bonchev–Trinajstić information content (AvgIpc) is 3.31. The minimum absolute atomic E-state index is 0.0710. The lowest BCUT2D eigenvalue weighted by atomic mass is 9.78. The summed E-state index contributed by atoms with van der Waals surface area (Å²) in [5.41, 5.74) is 1.41. The molecule has 1 aromatic carbocycles. The molecule has 2 aliphatic rings. The molecule has 2 aromatic rings. The standard InChI is InChI=1S/C26H32FN2O5PS.C2H6/c1-8-15-12-29(24(30)28-23(15)36)20-10-9-16(33-20)13-31-35-32-14-17-21(27)18(25(2,3)4)11-19(22(17)34-35)26(5,6)7;1-2/h1,11-12,16,20H,9-10,13-14H2,2-7H3,(H,28,30,36);1-2H3. The van der Waals surface area contributed by atoms with Crippen molar-refractivity contribution in [1.82, 2.24) is 9.55 Å². The summed E-state index contributed by atoms with van der Waals surface area (Å²) in [5, 5.41) is 0. The van der Waals surface area contributed by atoms with Crippen molar-refractivity contribution in [3.63, 3.8) is 0 Å². The van der Waals surface area contributed by atoms with Gasteiger partial charge >= 0.3 is 14.3 Å². The second-order valence-electron chi connectivity index (χ2n) is 11.1. The van der Waals surface area contributed by atoms with Crippen LogP contribution < -0.4 is 10.2 Å². The molecule has 0 saturated carbocycles. The molecule has 0 amide bonds. The molecular weight excluding hydrogens is 526 g/mol. The Labute approximate surface area is 231 Å². The van der Waals surface area contributed by atoms with Gasteiger partial charge in [-0.2, -0.15) is 0 Å². The number of rotatable bonds is 4. The summed E-state index contributed by atoms with van der Waals surface area (Å²) in [4.78, 5) is 14.9. The molecule has 3 unspecified atom stereocenters. The summed E-state index contributed by atoms with van der Waals surface area (Å²) in [6.07, 6.45) is 7.55. The number of ether oxygens (including phenoxy) is 1. The minimum Gasteiger partial charge on any atom is -0.426 e. The van der Waals surface area contributed by atoms with E-state index in [2.05, 4.69) is 31.7 Å². The quantitative estimate of drug-likeness (QED) is 0.241. The van der Waals surface area contributed by atoms with Crippen LogP contribution in [0.2, 0.25) is 0 Å². The average molecular weight is 565 g/mol. The smallest absolute Gasteiger partial charge is 0.397 e. The molecule has 2 aliphatic heterocycles. The van der Waals surface area contributed by atoms with Gasteiger partial charge in [-0.15, -0.1) is 6.42 Å². The number of nitrogens with zero attached hydrogens (tertiary/aromatic N) is 1. The van der Waals surface area contributed by atoms with Crippen molar-refractivity contribution < 1.29 is 22.7 Å². The van der Waals surface area contributed by atoms with Gasteiger partial charge in [0, 0.05) is 11.8 Å². The van der Waals surface area contributed by atoms with Crippen molar-refractivity contribution in [3.05, 3.63) is 55.5 Å². The Kier molecular flexibility index (Phi) is 9.60. The Balaban J connectivity index is 0.00000195. The summed E-state index contributed by atoms with van der Waals surface area (Å²) >= 11 is 5.08. The van der Waals surface area contributed by atoms with Crippen LogP contribution in [0.15, 0.2) is 17.1 Å². The number of aromatic nitrogens is 2. The molecule has 7 nitrogen and oxygen atoms in total. The van der Waals surface area contributed by atoms with E-state index in [-0.39, 0.29) is 46.3 Å². The molecule has 208 valence electrons. The monoisotopic (exact) mass is 564 g/mol. The Morgan fingerprint density at radius 2 is 1.87 bits per heavy atom. The molecule has 0 spiro atoms. The van der Waals surface area contributed by atoms with Crippen molar-refractivity contribution in [2.24, 2.45) is 0 Å². The first-order chi connectivity index (χ1) is 17.8. The van der Waals surface area contributed by atoms with Crippen LogP contribution in [-0.4, -0.2) is 22.3 Å². The van der Waals surface area contributed by atoms with Crippen LogP contribution in [0.1, 0.15) is 96.7 Å². The lowest BCUT2D eigenvalue weighted by Crippen LogP contribution is -2.28. The molecule has 1 N–H and O–H groups in total. The van der Waals surface area contributed by atoms with Gasteiger partial charge in [-0.05, 0) is 35.3 Å². The van der Waals surface area contributed by atoms with Gasteiger partial charge in [-0.1, -0.05) is 73.5 Å². The van der Waals surface area contributed by atoms with Crippen molar-refractivity contribution in [2.75, 3.05) is 6.61 Å². The number of hydrogen-bond acceptors (Lipinski definition) is 6. The van der Waals surface area contributed by atoms with Crippen LogP contribution >= 0.6 is 20.8 Å². The van der Waals surface area contributed by atoms with Crippen LogP contribution in [-0.2, 0) is 31.2 Å². The van der Waals surface area contributed by atoms with Crippen LogP contribution in [0.5, 0.6) is 5.75 Å². The van der Waals surface area contributed by atoms with Crippen molar-refractivity contribution in [3.8, 4) is 18.1 Å². The lowest BCUT2D eigenvalue weighted by molar-refractivity contribution is -0.0230. The number of H-pyrrole nitrogens is 1. The number of fused-ring (bicyclic) bond motifs is 1. The van der Waals surface area contributed by atoms with E-state index in [1.165, 1.54) is 10.8 Å². The molecule has 0 bridgehead atoms. The molecule has 0 aliphatic carbocycles. The normalized spacial score (nSPS) is 21.1. The first kappa shape index (κ1) is 30.5. The number of benzene rings is 1. The Morgan fingerprint density at radius 1 is 1.21 bits per heavy atom. The highest BCUT2D eigenvalue weighted by Crippen LogP contribution is 2.52. The third kappa shape index (κ3) is 6.55. The highest BCUT2D eigenvalue weighted by molar-refractivity contribution is 7.71. The second-order valence-corrected chi connectivity index (χ2v) is 12.7. The number of nitrogens with one attached hydrogen (secondary N) is 1. The summed E-state index contributed by atoms with van der Waals surface area (Å²) < 4.78 is 40.9. The molecule has 4 rings (SSSR count). The minimum atomic E-state index is -1.74.